The van der Waals surface area contributed by atoms with Gasteiger partial charge < -0.3 is 5.32 Å². The third kappa shape index (κ3) is 6.13. The van der Waals surface area contributed by atoms with Gasteiger partial charge in [-0.3, -0.25) is 0 Å². The Labute approximate surface area is 108 Å². The molecule has 1 aliphatic rings. The van der Waals surface area contributed by atoms with Crippen molar-refractivity contribution < 1.29 is 0 Å². The molecular weight excluding hydrogens is 206 g/mol. The van der Waals surface area contributed by atoms with Gasteiger partial charge in [-0.1, -0.05) is 38.0 Å². The average molecular weight is 235 g/mol. The summed E-state index contributed by atoms with van der Waals surface area (Å²) in [5, 5.41) is 3.64. The normalized spacial score (nSPS) is 19.5. The maximum absolute atomic E-state index is 3.64. The molecule has 1 nitrogen and oxygen atoms in total. The van der Waals surface area contributed by atoms with Crippen LogP contribution in [0.25, 0.3) is 0 Å². The molecule has 0 saturated heterocycles. The first kappa shape index (κ1) is 14.6. The van der Waals surface area contributed by atoms with E-state index in [-0.39, 0.29) is 5.41 Å². The molecule has 1 fully saturated rings. The lowest BCUT2D eigenvalue weighted by molar-refractivity contribution is 0.269. The quantitative estimate of drug-likeness (QED) is 0.727. The standard InChI is InChI=1S/C16H29N/c1-5-15(14-10-7-6-8-11-14)17-13-9-12-16(2,3)4/h14-15,17H,5-8,10-11,13H2,1-4H3. The molecule has 1 aliphatic carbocycles. The summed E-state index contributed by atoms with van der Waals surface area (Å²) in [7, 11) is 0. The van der Waals surface area contributed by atoms with E-state index >= 15 is 0 Å². The lowest BCUT2D eigenvalue weighted by atomic mass is 9.83. The zero-order chi connectivity index (χ0) is 12.7. The third-order valence-corrected chi connectivity index (χ3v) is 3.57. The molecule has 1 heteroatoms. The largest absolute Gasteiger partial charge is 0.303 e. The molecule has 0 aromatic heterocycles. The predicted molar refractivity (Wildman–Crippen MR) is 75.9 cm³/mol. The molecule has 0 aromatic carbocycles. The zero-order valence-electron chi connectivity index (χ0n) is 12.1. The predicted octanol–water partition coefficient (Wildman–Crippen LogP) is 3.98. The second-order valence-corrected chi connectivity index (χ2v) is 6.35. The Balaban J connectivity index is 2.33. The summed E-state index contributed by atoms with van der Waals surface area (Å²) in [6, 6.07) is 0.685. The molecule has 1 rings (SSSR count). The minimum atomic E-state index is 0.133. The van der Waals surface area contributed by atoms with E-state index in [1.54, 1.807) is 0 Å². The molecule has 1 saturated carbocycles. The van der Waals surface area contributed by atoms with Crippen LogP contribution in [0.15, 0.2) is 0 Å². The van der Waals surface area contributed by atoms with Crippen molar-refractivity contribution in [1.82, 2.24) is 5.32 Å². The fourth-order valence-electron chi connectivity index (χ4n) is 2.67. The van der Waals surface area contributed by atoms with Crippen LogP contribution in [-0.2, 0) is 0 Å². The molecule has 1 N–H and O–H groups in total. The van der Waals surface area contributed by atoms with Gasteiger partial charge in [-0.05, 0) is 46.0 Å². The second kappa shape index (κ2) is 7.07. The van der Waals surface area contributed by atoms with Crippen molar-refractivity contribution in [3.05, 3.63) is 0 Å². The van der Waals surface area contributed by atoms with Crippen LogP contribution in [0.5, 0.6) is 0 Å². The van der Waals surface area contributed by atoms with E-state index in [1.807, 2.05) is 0 Å². The Morgan fingerprint density at radius 1 is 1.18 bits per heavy atom. The van der Waals surface area contributed by atoms with E-state index in [4.69, 9.17) is 0 Å². The minimum absolute atomic E-state index is 0.133. The summed E-state index contributed by atoms with van der Waals surface area (Å²) >= 11 is 0. The van der Waals surface area contributed by atoms with Crippen molar-refractivity contribution in [3.63, 3.8) is 0 Å². The highest BCUT2D eigenvalue weighted by molar-refractivity contribution is 5.08. The van der Waals surface area contributed by atoms with E-state index < -0.39 is 0 Å². The fourth-order valence-corrected chi connectivity index (χ4v) is 2.67. The van der Waals surface area contributed by atoms with E-state index in [9.17, 15) is 0 Å². The van der Waals surface area contributed by atoms with Gasteiger partial charge in [-0.15, -0.1) is 0 Å². The average Bonchev–Trinajstić information content (AvgIpc) is 2.29. The first-order chi connectivity index (χ1) is 8.03. The van der Waals surface area contributed by atoms with Gasteiger partial charge in [0, 0.05) is 11.5 Å². The van der Waals surface area contributed by atoms with Gasteiger partial charge in [-0.25, -0.2) is 0 Å². The van der Waals surface area contributed by atoms with E-state index in [2.05, 4.69) is 44.9 Å². The Morgan fingerprint density at radius 3 is 2.35 bits per heavy atom. The van der Waals surface area contributed by atoms with Crippen molar-refractivity contribution in [2.75, 3.05) is 6.54 Å². The molecule has 0 spiro atoms. The maximum Gasteiger partial charge on any atom is 0.0578 e. The molecule has 0 aromatic rings. The topological polar surface area (TPSA) is 12.0 Å². The maximum atomic E-state index is 3.64. The van der Waals surface area contributed by atoms with Crippen molar-refractivity contribution in [2.45, 2.75) is 72.3 Å². The van der Waals surface area contributed by atoms with Crippen LogP contribution in [0.3, 0.4) is 0 Å². The number of rotatable bonds is 4. The zero-order valence-corrected chi connectivity index (χ0v) is 12.1. The summed E-state index contributed by atoms with van der Waals surface area (Å²) in [5.74, 6) is 7.45. The first-order valence-electron chi connectivity index (χ1n) is 7.26. The number of hydrogen-bond donors (Lipinski definition) is 1. The van der Waals surface area contributed by atoms with Crippen LogP contribution in [-0.4, -0.2) is 12.6 Å². The van der Waals surface area contributed by atoms with E-state index in [0.717, 1.165) is 12.5 Å². The highest BCUT2D eigenvalue weighted by Crippen LogP contribution is 2.27. The van der Waals surface area contributed by atoms with Crippen LogP contribution in [0, 0.1) is 23.2 Å². The SMILES string of the molecule is CCC(NCC#CC(C)(C)C)C1CCCCC1. The Hall–Kier alpha value is -0.480. The number of hydrogen-bond acceptors (Lipinski definition) is 1. The highest BCUT2D eigenvalue weighted by Gasteiger charge is 2.21. The van der Waals surface area contributed by atoms with Gasteiger partial charge in [0.2, 0.25) is 0 Å². The van der Waals surface area contributed by atoms with Crippen LogP contribution in [0.4, 0.5) is 0 Å². The minimum Gasteiger partial charge on any atom is -0.303 e. The summed E-state index contributed by atoms with van der Waals surface area (Å²) in [6.45, 7) is 9.64. The molecule has 0 heterocycles. The fraction of sp³-hybridized carbons (Fsp3) is 0.875. The van der Waals surface area contributed by atoms with Crippen molar-refractivity contribution in [3.8, 4) is 11.8 Å². The molecule has 17 heavy (non-hydrogen) atoms. The lowest BCUT2D eigenvalue weighted by Crippen LogP contribution is -2.37. The molecule has 0 amide bonds. The summed E-state index contributed by atoms with van der Waals surface area (Å²) < 4.78 is 0. The van der Waals surface area contributed by atoms with Gasteiger partial charge in [0.05, 0.1) is 6.54 Å². The molecule has 1 atom stereocenters. The highest BCUT2D eigenvalue weighted by atomic mass is 14.9. The van der Waals surface area contributed by atoms with Crippen LogP contribution < -0.4 is 5.32 Å². The van der Waals surface area contributed by atoms with Gasteiger partial charge in [-0.2, -0.15) is 0 Å². The van der Waals surface area contributed by atoms with Crippen LogP contribution in [0.1, 0.15) is 66.2 Å². The molecular formula is C16H29N. The van der Waals surface area contributed by atoms with E-state index in [1.165, 1.54) is 38.5 Å². The summed E-state index contributed by atoms with van der Waals surface area (Å²) in [4.78, 5) is 0. The summed E-state index contributed by atoms with van der Waals surface area (Å²) in [5.41, 5.74) is 0.133. The van der Waals surface area contributed by atoms with Gasteiger partial charge >= 0.3 is 0 Å². The van der Waals surface area contributed by atoms with E-state index in [0.29, 0.717) is 6.04 Å². The van der Waals surface area contributed by atoms with Crippen molar-refractivity contribution in [2.24, 2.45) is 11.3 Å². The monoisotopic (exact) mass is 235 g/mol. The van der Waals surface area contributed by atoms with Crippen molar-refractivity contribution >= 4 is 0 Å². The molecule has 0 bridgehead atoms. The smallest absolute Gasteiger partial charge is 0.0578 e. The molecule has 0 aliphatic heterocycles. The van der Waals surface area contributed by atoms with Gasteiger partial charge in [0.25, 0.3) is 0 Å². The van der Waals surface area contributed by atoms with Crippen LogP contribution >= 0.6 is 0 Å². The van der Waals surface area contributed by atoms with Gasteiger partial charge in [0.15, 0.2) is 0 Å². The number of nitrogens with one attached hydrogen (secondary N) is 1. The van der Waals surface area contributed by atoms with Crippen LogP contribution in [0.2, 0.25) is 0 Å². The molecule has 0 radical (unpaired) electrons. The second-order valence-electron chi connectivity index (χ2n) is 6.35. The lowest BCUT2D eigenvalue weighted by Gasteiger charge is -2.29. The molecule has 98 valence electrons. The molecule has 1 unspecified atom stereocenters. The Kier molecular flexibility index (Phi) is 6.06. The first-order valence-corrected chi connectivity index (χ1v) is 7.26. The van der Waals surface area contributed by atoms with Gasteiger partial charge in [0.1, 0.15) is 0 Å². The Bertz CT molecular complexity index is 257. The van der Waals surface area contributed by atoms with Crippen molar-refractivity contribution in [1.29, 1.82) is 0 Å². The third-order valence-electron chi connectivity index (χ3n) is 3.57. The Morgan fingerprint density at radius 2 is 1.82 bits per heavy atom. The summed E-state index contributed by atoms with van der Waals surface area (Å²) in [6.07, 6.45) is 8.36.